The molecule has 2 aliphatic rings. The number of carbonyl (C=O) groups excluding carboxylic acids is 1. The van der Waals surface area contributed by atoms with Crippen LogP contribution in [0.5, 0.6) is 11.6 Å². The largest absolute Gasteiger partial charge is 0.438 e. The number of ether oxygens (including phenoxy) is 1. The topological polar surface area (TPSA) is 55.3 Å². The van der Waals surface area contributed by atoms with Gasteiger partial charge in [0.1, 0.15) is 10.8 Å². The fraction of sp³-hybridized carbons (Fsp3) is 0.207. The SMILES string of the molecule is Cc1cccc2c1Oc1nc(-c3ccccc3)nc(SCC(=O)N3CCCc4ccccc43)c1C2. The molecule has 1 aromatic heterocycles. The second-order valence-electron chi connectivity index (χ2n) is 8.91. The van der Waals surface area contributed by atoms with Gasteiger partial charge >= 0.3 is 0 Å². The lowest BCUT2D eigenvalue weighted by atomic mass is 10.0. The minimum absolute atomic E-state index is 0.101. The molecule has 0 fully saturated rings. The average Bonchev–Trinajstić information content (AvgIpc) is 2.91. The van der Waals surface area contributed by atoms with Gasteiger partial charge in [-0.05, 0) is 42.5 Å². The van der Waals surface area contributed by atoms with E-state index in [9.17, 15) is 4.79 Å². The van der Waals surface area contributed by atoms with Crippen molar-refractivity contribution in [2.75, 3.05) is 17.2 Å². The summed E-state index contributed by atoms with van der Waals surface area (Å²) in [5.74, 6) is 2.48. The first kappa shape index (κ1) is 21.9. The van der Waals surface area contributed by atoms with Crippen LogP contribution in [0.25, 0.3) is 11.4 Å². The van der Waals surface area contributed by atoms with Crippen LogP contribution in [-0.2, 0) is 17.6 Å². The van der Waals surface area contributed by atoms with Crippen LogP contribution in [0.15, 0.2) is 77.8 Å². The molecule has 0 unspecified atom stereocenters. The number of amides is 1. The number of aromatic nitrogens is 2. The zero-order chi connectivity index (χ0) is 23.8. The van der Waals surface area contributed by atoms with E-state index in [0.717, 1.165) is 58.1 Å². The third-order valence-electron chi connectivity index (χ3n) is 6.57. The zero-order valence-electron chi connectivity index (χ0n) is 19.5. The van der Waals surface area contributed by atoms with E-state index in [1.165, 1.54) is 17.3 Å². The Morgan fingerprint density at radius 1 is 0.971 bits per heavy atom. The Hall–Kier alpha value is -3.64. The molecule has 0 bridgehead atoms. The first-order valence-electron chi connectivity index (χ1n) is 11.9. The Balaban J connectivity index is 1.33. The number of para-hydroxylation sites is 2. The predicted octanol–water partition coefficient (Wildman–Crippen LogP) is 6.22. The normalized spacial score (nSPS) is 13.9. The van der Waals surface area contributed by atoms with Crippen LogP contribution in [0.3, 0.4) is 0 Å². The molecule has 1 amide bonds. The summed E-state index contributed by atoms with van der Waals surface area (Å²) < 4.78 is 6.32. The molecule has 6 heteroatoms. The van der Waals surface area contributed by atoms with Gasteiger partial charge in [0.25, 0.3) is 0 Å². The fourth-order valence-corrected chi connectivity index (χ4v) is 5.70. The van der Waals surface area contributed by atoms with Gasteiger partial charge < -0.3 is 9.64 Å². The van der Waals surface area contributed by atoms with Crippen molar-refractivity contribution in [3.8, 4) is 23.0 Å². The van der Waals surface area contributed by atoms with Crippen molar-refractivity contribution in [1.29, 1.82) is 0 Å². The highest BCUT2D eigenvalue weighted by Gasteiger charge is 2.27. The molecule has 4 aromatic rings. The molecule has 35 heavy (non-hydrogen) atoms. The second-order valence-corrected chi connectivity index (χ2v) is 9.87. The highest BCUT2D eigenvalue weighted by Crippen LogP contribution is 2.42. The van der Waals surface area contributed by atoms with Gasteiger partial charge in [-0.15, -0.1) is 0 Å². The van der Waals surface area contributed by atoms with Gasteiger partial charge in [-0.25, -0.2) is 4.98 Å². The van der Waals surface area contributed by atoms with Crippen LogP contribution >= 0.6 is 11.8 Å². The summed E-state index contributed by atoms with van der Waals surface area (Å²) >= 11 is 1.48. The van der Waals surface area contributed by atoms with Crippen molar-refractivity contribution in [3.05, 3.63) is 95.1 Å². The number of nitrogens with zero attached hydrogens (tertiary/aromatic N) is 3. The summed E-state index contributed by atoms with van der Waals surface area (Å²) in [5.41, 5.74) is 6.34. The molecule has 174 valence electrons. The Morgan fingerprint density at radius 3 is 2.66 bits per heavy atom. The van der Waals surface area contributed by atoms with Crippen LogP contribution in [-0.4, -0.2) is 28.2 Å². The van der Waals surface area contributed by atoms with Gasteiger partial charge in [0.15, 0.2) is 5.82 Å². The standard InChI is InChI=1S/C29H25N3O2S/c1-19-9-7-13-22-17-23-28(34-26(19)22)30-27(21-11-3-2-4-12-21)31-29(23)35-18-25(33)32-16-8-14-20-10-5-6-15-24(20)32/h2-7,9-13,15H,8,14,16-18H2,1H3. The molecule has 0 aliphatic carbocycles. The van der Waals surface area contributed by atoms with Gasteiger partial charge in [0.2, 0.25) is 11.8 Å². The number of benzene rings is 3. The molecule has 0 N–H and O–H groups in total. The number of hydrogen-bond acceptors (Lipinski definition) is 5. The maximum absolute atomic E-state index is 13.3. The highest BCUT2D eigenvalue weighted by molar-refractivity contribution is 8.00. The monoisotopic (exact) mass is 479 g/mol. The molecular formula is C29H25N3O2S. The lowest BCUT2D eigenvalue weighted by Crippen LogP contribution is -2.36. The fourth-order valence-electron chi connectivity index (χ4n) is 4.80. The number of hydrogen-bond donors (Lipinski definition) is 0. The molecule has 0 saturated heterocycles. The van der Waals surface area contributed by atoms with E-state index in [2.05, 4.69) is 12.1 Å². The Bertz CT molecular complexity index is 1420. The second kappa shape index (κ2) is 9.19. The molecule has 0 spiro atoms. The van der Waals surface area contributed by atoms with Crippen LogP contribution in [0.2, 0.25) is 0 Å². The van der Waals surface area contributed by atoms with Gasteiger partial charge in [-0.3, -0.25) is 4.79 Å². The number of rotatable bonds is 4. The van der Waals surface area contributed by atoms with Gasteiger partial charge in [0.05, 0.1) is 11.3 Å². The Kier molecular flexibility index (Phi) is 5.74. The van der Waals surface area contributed by atoms with Crippen molar-refractivity contribution >= 4 is 23.4 Å². The molecule has 0 saturated carbocycles. The number of thioether (sulfide) groups is 1. The molecule has 3 aromatic carbocycles. The maximum atomic E-state index is 13.3. The quantitative estimate of drug-likeness (QED) is 0.226. The number of carbonyl (C=O) groups is 1. The van der Waals surface area contributed by atoms with E-state index < -0.39 is 0 Å². The molecule has 0 radical (unpaired) electrons. The smallest absolute Gasteiger partial charge is 0.237 e. The van der Waals surface area contributed by atoms with E-state index in [1.54, 1.807) is 0 Å². The highest BCUT2D eigenvalue weighted by atomic mass is 32.2. The number of fused-ring (bicyclic) bond motifs is 3. The summed E-state index contributed by atoms with van der Waals surface area (Å²) in [6.07, 6.45) is 2.69. The molecule has 3 heterocycles. The van der Waals surface area contributed by atoms with E-state index in [-0.39, 0.29) is 5.91 Å². The lowest BCUT2D eigenvalue weighted by molar-refractivity contribution is -0.116. The molecule has 2 aliphatic heterocycles. The van der Waals surface area contributed by atoms with Gasteiger partial charge in [-0.1, -0.05) is 78.5 Å². The summed E-state index contributed by atoms with van der Waals surface area (Å²) in [6, 6.07) is 24.3. The van der Waals surface area contributed by atoms with E-state index in [1.807, 2.05) is 72.5 Å². The van der Waals surface area contributed by atoms with Crippen molar-refractivity contribution in [1.82, 2.24) is 9.97 Å². The molecule has 6 rings (SSSR count). The van der Waals surface area contributed by atoms with E-state index in [4.69, 9.17) is 14.7 Å². The summed E-state index contributed by atoms with van der Waals surface area (Å²) in [7, 11) is 0. The van der Waals surface area contributed by atoms with E-state index in [0.29, 0.717) is 23.9 Å². The van der Waals surface area contributed by atoms with Crippen molar-refractivity contribution in [2.45, 2.75) is 31.2 Å². The molecule has 5 nitrogen and oxygen atoms in total. The minimum Gasteiger partial charge on any atom is -0.438 e. The van der Waals surface area contributed by atoms with Crippen molar-refractivity contribution in [3.63, 3.8) is 0 Å². The van der Waals surface area contributed by atoms with Gasteiger partial charge in [-0.2, -0.15) is 4.98 Å². The van der Waals surface area contributed by atoms with Crippen molar-refractivity contribution in [2.24, 2.45) is 0 Å². The van der Waals surface area contributed by atoms with Crippen LogP contribution in [0.4, 0.5) is 5.69 Å². The Labute approximate surface area is 209 Å². The minimum atomic E-state index is 0.101. The van der Waals surface area contributed by atoms with Crippen LogP contribution in [0, 0.1) is 6.92 Å². The van der Waals surface area contributed by atoms with Crippen LogP contribution < -0.4 is 9.64 Å². The predicted molar refractivity (Wildman–Crippen MR) is 139 cm³/mol. The first-order valence-corrected chi connectivity index (χ1v) is 12.9. The summed E-state index contributed by atoms with van der Waals surface area (Å²) in [5, 5.41) is 0.805. The third-order valence-corrected chi connectivity index (χ3v) is 7.57. The first-order chi connectivity index (χ1) is 17.2. The number of anilines is 1. The van der Waals surface area contributed by atoms with E-state index >= 15 is 0 Å². The molecule has 0 atom stereocenters. The number of aryl methyl sites for hydroxylation is 2. The average molecular weight is 480 g/mol. The summed E-state index contributed by atoms with van der Waals surface area (Å²) in [6.45, 7) is 2.80. The maximum Gasteiger partial charge on any atom is 0.237 e. The lowest BCUT2D eigenvalue weighted by Gasteiger charge is -2.29. The van der Waals surface area contributed by atoms with Crippen molar-refractivity contribution < 1.29 is 9.53 Å². The van der Waals surface area contributed by atoms with Gasteiger partial charge in [0, 0.05) is 24.2 Å². The zero-order valence-corrected chi connectivity index (χ0v) is 20.3. The molecular weight excluding hydrogens is 454 g/mol. The van der Waals surface area contributed by atoms with Crippen LogP contribution in [0.1, 0.15) is 28.7 Å². The summed E-state index contributed by atoms with van der Waals surface area (Å²) in [4.78, 5) is 25.0. The third kappa shape index (κ3) is 4.19. The Morgan fingerprint density at radius 2 is 1.77 bits per heavy atom.